The minimum absolute atomic E-state index is 0.00739. The molecular weight excluding hydrogens is 286 g/mol. The quantitative estimate of drug-likeness (QED) is 0.883. The van der Waals surface area contributed by atoms with Crippen molar-refractivity contribution >= 4 is 5.91 Å². The first-order valence-electron chi connectivity index (χ1n) is 7.99. The van der Waals surface area contributed by atoms with Crippen LogP contribution < -0.4 is 10.1 Å². The van der Waals surface area contributed by atoms with Gasteiger partial charge >= 0.3 is 0 Å². The van der Waals surface area contributed by atoms with Crippen LogP contribution in [0.15, 0.2) is 36.4 Å². The smallest absolute Gasteiger partial charge is 0.252 e. The Kier molecular flexibility index (Phi) is 5.43. The number of carbonyl (C=O) groups excluding carboxylic acids is 1. The summed E-state index contributed by atoms with van der Waals surface area (Å²) in [6.07, 6.45) is 0.836. The van der Waals surface area contributed by atoms with E-state index in [-0.39, 0.29) is 11.9 Å². The number of carbonyl (C=O) groups is 1. The van der Waals surface area contributed by atoms with Crippen LogP contribution in [0.2, 0.25) is 0 Å². The first-order chi connectivity index (χ1) is 11.0. The van der Waals surface area contributed by atoms with Crippen molar-refractivity contribution in [1.29, 1.82) is 0 Å². The van der Waals surface area contributed by atoms with Crippen LogP contribution in [0.1, 0.15) is 52.0 Å². The normalized spacial score (nSPS) is 11.9. The minimum atomic E-state index is -0.0217. The van der Waals surface area contributed by atoms with Crippen molar-refractivity contribution in [1.82, 2.24) is 5.32 Å². The van der Waals surface area contributed by atoms with Gasteiger partial charge in [0.1, 0.15) is 5.75 Å². The molecule has 0 aromatic heterocycles. The van der Waals surface area contributed by atoms with Gasteiger partial charge in [-0.2, -0.15) is 0 Å². The summed E-state index contributed by atoms with van der Waals surface area (Å²) < 4.78 is 5.31. The lowest BCUT2D eigenvalue weighted by Crippen LogP contribution is -2.28. The van der Waals surface area contributed by atoms with Crippen LogP contribution in [-0.4, -0.2) is 13.0 Å². The molecule has 0 aliphatic heterocycles. The highest BCUT2D eigenvalue weighted by atomic mass is 16.5. The van der Waals surface area contributed by atoms with E-state index in [1.807, 2.05) is 51.1 Å². The summed E-state index contributed by atoms with van der Waals surface area (Å²) in [6, 6.07) is 12.0. The van der Waals surface area contributed by atoms with E-state index in [2.05, 4.69) is 18.3 Å². The maximum absolute atomic E-state index is 12.6. The van der Waals surface area contributed by atoms with Gasteiger partial charge in [-0.15, -0.1) is 0 Å². The highest BCUT2D eigenvalue weighted by molar-refractivity contribution is 5.96. The molecule has 0 saturated heterocycles. The lowest BCUT2D eigenvalue weighted by molar-refractivity contribution is 0.0935. The molecule has 0 radical (unpaired) electrons. The van der Waals surface area contributed by atoms with Gasteiger partial charge in [0.2, 0.25) is 0 Å². The second-order valence-corrected chi connectivity index (χ2v) is 5.98. The number of benzene rings is 2. The number of hydrogen-bond donors (Lipinski definition) is 1. The Morgan fingerprint density at radius 2 is 1.83 bits per heavy atom. The van der Waals surface area contributed by atoms with Gasteiger partial charge in [-0.1, -0.05) is 36.8 Å². The van der Waals surface area contributed by atoms with E-state index < -0.39 is 0 Å². The van der Waals surface area contributed by atoms with Crippen LogP contribution in [-0.2, 0) is 0 Å². The second-order valence-electron chi connectivity index (χ2n) is 5.98. The van der Waals surface area contributed by atoms with Gasteiger partial charge in [-0.05, 0) is 56.0 Å². The molecule has 0 aliphatic rings. The van der Waals surface area contributed by atoms with Crippen molar-refractivity contribution in [3.8, 4) is 5.75 Å². The standard InChI is InChI=1S/C20H25NO2/c1-6-18(16-9-10-19(23-5)15(4)12-16)21-20(22)17-11-13(2)7-8-14(17)3/h7-12,18H,6H2,1-5H3,(H,21,22)/t18-/m0/s1. The van der Waals surface area contributed by atoms with Crippen LogP contribution >= 0.6 is 0 Å². The highest BCUT2D eigenvalue weighted by Gasteiger charge is 2.16. The van der Waals surface area contributed by atoms with Crippen molar-refractivity contribution in [2.75, 3.05) is 7.11 Å². The fourth-order valence-corrected chi connectivity index (χ4v) is 2.76. The first kappa shape index (κ1) is 17.1. The summed E-state index contributed by atoms with van der Waals surface area (Å²) in [7, 11) is 1.67. The summed E-state index contributed by atoms with van der Waals surface area (Å²) >= 11 is 0. The Morgan fingerprint density at radius 3 is 2.43 bits per heavy atom. The SMILES string of the molecule is CC[C@H](NC(=O)c1cc(C)ccc1C)c1ccc(OC)c(C)c1. The molecular formula is C20H25NO2. The van der Waals surface area contributed by atoms with E-state index in [0.717, 1.165) is 40.0 Å². The molecule has 0 unspecified atom stereocenters. The van der Waals surface area contributed by atoms with Gasteiger partial charge in [-0.25, -0.2) is 0 Å². The third-order valence-electron chi connectivity index (χ3n) is 4.17. The summed E-state index contributed by atoms with van der Waals surface area (Å²) in [5.74, 6) is 0.843. The predicted octanol–water partition coefficient (Wildman–Crippen LogP) is 4.50. The molecule has 1 atom stereocenters. The number of nitrogens with one attached hydrogen (secondary N) is 1. The highest BCUT2D eigenvalue weighted by Crippen LogP contribution is 2.24. The topological polar surface area (TPSA) is 38.3 Å². The van der Waals surface area contributed by atoms with Crippen LogP contribution in [0.3, 0.4) is 0 Å². The maximum atomic E-state index is 12.6. The van der Waals surface area contributed by atoms with Crippen molar-refractivity contribution in [2.24, 2.45) is 0 Å². The number of methoxy groups -OCH3 is 1. The zero-order chi connectivity index (χ0) is 17.0. The van der Waals surface area contributed by atoms with Crippen LogP contribution in [0.5, 0.6) is 5.75 Å². The summed E-state index contributed by atoms with van der Waals surface area (Å²) in [5, 5.41) is 3.15. The number of amides is 1. The number of ether oxygens (including phenoxy) is 1. The zero-order valence-electron chi connectivity index (χ0n) is 14.6. The van der Waals surface area contributed by atoms with E-state index in [9.17, 15) is 4.79 Å². The third-order valence-corrected chi connectivity index (χ3v) is 4.17. The van der Waals surface area contributed by atoms with Crippen molar-refractivity contribution in [3.05, 3.63) is 64.2 Å². The average molecular weight is 311 g/mol. The fourth-order valence-electron chi connectivity index (χ4n) is 2.76. The third kappa shape index (κ3) is 3.92. The molecule has 1 amide bonds. The van der Waals surface area contributed by atoms with Crippen LogP contribution in [0.25, 0.3) is 0 Å². The van der Waals surface area contributed by atoms with Gasteiger partial charge in [0.25, 0.3) is 5.91 Å². The maximum Gasteiger partial charge on any atom is 0.252 e. The fraction of sp³-hybridized carbons (Fsp3) is 0.350. The predicted molar refractivity (Wildman–Crippen MR) is 94.1 cm³/mol. The summed E-state index contributed by atoms with van der Waals surface area (Å²) in [5.41, 5.74) is 5.01. The summed E-state index contributed by atoms with van der Waals surface area (Å²) in [4.78, 5) is 12.6. The first-order valence-corrected chi connectivity index (χ1v) is 7.99. The van der Waals surface area contributed by atoms with Gasteiger partial charge in [0, 0.05) is 5.56 Å². The molecule has 0 fully saturated rings. The number of aryl methyl sites for hydroxylation is 3. The lowest BCUT2D eigenvalue weighted by Gasteiger charge is -2.19. The Morgan fingerprint density at radius 1 is 1.09 bits per heavy atom. The second kappa shape index (κ2) is 7.32. The molecule has 0 saturated carbocycles. The molecule has 3 nitrogen and oxygen atoms in total. The molecule has 3 heteroatoms. The molecule has 2 aromatic rings. The van der Waals surface area contributed by atoms with Crippen molar-refractivity contribution < 1.29 is 9.53 Å². The molecule has 122 valence electrons. The monoisotopic (exact) mass is 311 g/mol. The number of rotatable bonds is 5. The van der Waals surface area contributed by atoms with Gasteiger partial charge in [-0.3, -0.25) is 4.79 Å². The van der Waals surface area contributed by atoms with E-state index in [4.69, 9.17) is 4.74 Å². The minimum Gasteiger partial charge on any atom is -0.496 e. The Bertz CT molecular complexity index is 707. The van der Waals surface area contributed by atoms with E-state index in [0.29, 0.717) is 0 Å². The average Bonchev–Trinajstić information content (AvgIpc) is 2.54. The van der Waals surface area contributed by atoms with Crippen molar-refractivity contribution in [3.63, 3.8) is 0 Å². The zero-order valence-corrected chi connectivity index (χ0v) is 14.6. The molecule has 0 spiro atoms. The molecule has 23 heavy (non-hydrogen) atoms. The molecule has 2 aromatic carbocycles. The van der Waals surface area contributed by atoms with Crippen LogP contribution in [0, 0.1) is 20.8 Å². The van der Waals surface area contributed by atoms with Crippen molar-refractivity contribution in [2.45, 2.75) is 40.2 Å². The lowest BCUT2D eigenvalue weighted by atomic mass is 10.00. The van der Waals surface area contributed by atoms with Gasteiger partial charge < -0.3 is 10.1 Å². The van der Waals surface area contributed by atoms with E-state index >= 15 is 0 Å². The van der Waals surface area contributed by atoms with E-state index in [1.54, 1.807) is 7.11 Å². The largest absolute Gasteiger partial charge is 0.496 e. The Hall–Kier alpha value is -2.29. The molecule has 0 aliphatic carbocycles. The molecule has 0 bridgehead atoms. The van der Waals surface area contributed by atoms with E-state index in [1.165, 1.54) is 0 Å². The molecule has 1 N–H and O–H groups in total. The Balaban J connectivity index is 2.23. The molecule has 2 rings (SSSR count). The van der Waals surface area contributed by atoms with Gasteiger partial charge in [0.05, 0.1) is 13.2 Å². The van der Waals surface area contributed by atoms with Crippen LogP contribution in [0.4, 0.5) is 0 Å². The molecule has 0 heterocycles. The number of hydrogen-bond acceptors (Lipinski definition) is 2. The van der Waals surface area contributed by atoms with Gasteiger partial charge in [0.15, 0.2) is 0 Å². The Labute approximate surface area is 138 Å². The summed E-state index contributed by atoms with van der Waals surface area (Å²) in [6.45, 7) is 8.06.